The Morgan fingerprint density at radius 1 is 1.00 bits per heavy atom. The number of hydrogen-bond donors (Lipinski definition) is 0. The van der Waals surface area contributed by atoms with Gasteiger partial charge in [0, 0.05) is 32.9 Å². The highest BCUT2D eigenvalue weighted by Gasteiger charge is 2.38. The van der Waals surface area contributed by atoms with Crippen LogP contribution in [0.15, 0.2) is 58.3 Å². The second-order valence-electron chi connectivity index (χ2n) is 8.81. The molecule has 1 aliphatic rings. The van der Waals surface area contributed by atoms with Gasteiger partial charge in [-0.15, -0.1) is 0 Å². The molecule has 1 saturated heterocycles. The van der Waals surface area contributed by atoms with Crippen LogP contribution in [0.3, 0.4) is 0 Å². The summed E-state index contributed by atoms with van der Waals surface area (Å²) in [5.41, 5.74) is 1.95. The zero-order valence-electron chi connectivity index (χ0n) is 23.0. The molecule has 1 heterocycles. The average Bonchev–Trinajstić information content (AvgIpc) is 3.35. The molecule has 9 nitrogen and oxygen atoms in total. The van der Waals surface area contributed by atoms with Gasteiger partial charge in [-0.1, -0.05) is 42.3 Å². The Morgan fingerprint density at radius 3 is 1.92 bits per heavy atom. The summed E-state index contributed by atoms with van der Waals surface area (Å²) in [6.45, 7) is 9.46. The topological polar surface area (TPSA) is 130 Å². The Bertz CT molecular complexity index is 1190. The van der Waals surface area contributed by atoms with Gasteiger partial charge in [-0.25, -0.2) is 8.42 Å². The second-order valence-corrected chi connectivity index (χ2v) is 11.9. The standard InChI is InChI=1S/C12H22NO2.C8H10O3S.C7H8O3S/c1-4-11-10(7-9-15-11)6-8-13(3)12(14)5-2;1-7-3-5-8(6-4-7)12(9,10)11-2;1-6-2-4-7(5-3-6)11(8,9)10/h10H,4-9H2,1-3H3;3-6H,1-2H3;2-5H,1H3,(H,8,9,10)/q+1;;/p-1. The molecule has 1 unspecified atom stereocenters. The van der Waals surface area contributed by atoms with Gasteiger partial charge in [0.2, 0.25) is 12.0 Å². The van der Waals surface area contributed by atoms with E-state index in [0.717, 1.165) is 50.7 Å². The van der Waals surface area contributed by atoms with E-state index in [1.807, 2.05) is 32.7 Å². The van der Waals surface area contributed by atoms with Crippen LogP contribution in [0.4, 0.5) is 0 Å². The number of benzene rings is 2. The van der Waals surface area contributed by atoms with E-state index in [9.17, 15) is 26.2 Å². The van der Waals surface area contributed by atoms with Crippen LogP contribution in [0.2, 0.25) is 0 Å². The van der Waals surface area contributed by atoms with Crippen molar-refractivity contribution in [1.82, 2.24) is 4.90 Å². The average molecular weight is 570 g/mol. The summed E-state index contributed by atoms with van der Waals surface area (Å²) in [5, 5.41) is 0. The summed E-state index contributed by atoms with van der Waals surface area (Å²) in [7, 11) is -4.75. The van der Waals surface area contributed by atoms with E-state index in [-0.39, 0.29) is 15.7 Å². The van der Waals surface area contributed by atoms with Crippen molar-refractivity contribution in [3.05, 3.63) is 65.8 Å². The van der Waals surface area contributed by atoms with Crippen molar-refractivity contribution in [3.63, 3.8) is 0 Å². The molecule has 0 saturated carbocycles. The van der Waals surface area contributed by atoms with Gasteiger partial charge in [-0.05, 0) is 45.0 Å². The number of carbonyl (C=O) groups excluding carboxylic acids is 1. The molecule has 1 aliphatic heterocycles. The third kappa shape index (κ3) is 11.5. The Balaban J connectivity index is 0.000000289. The summed E-state index contributed by atoms with van der Waals surface area (Å²) in [6.07, 6.45) is 5.01. The molecule has 0 radical (unpaired) electrons. The molecule has 212 valence electrons. The molecule has 0 aromatic heterocycles. The molecular formula is C27H39NO8S2. The quantitative estimate of drug-likeness (QED) is 0.259. The fraction of sp³-hybridized carbons (Fsp3) is 0.481. The molecular weight excluding hydrogens is 530 g/mol. The lowest BCUT2D eigenvalue weighted by Gasteiger charge is -2.17. The summed E-state index contributed by atoms with van der Waals surface area (Å²) >= 11 is 0. The van der Waals surface area contributed by atoms with E-state index < -0.39 is 20.2 Å². The number of ether oxygens (including phenoxy) is 1. The maximum absolute atomic E-state index is 11.4. The SMILES string of the molecule is CCC(=O)N(C)CCC1CCO[C+]1CC.COS(=O)(=O)c1ccc(C)cc1.Cc1ccc(S(=O)(=O)[O-])cc1. The zero-order valence-corrected chi connectivity index (χ0v) is 24.6. The van der Waals surface area contributed by atoms with E-state index in [0.29, 0.717) is 12.3 Å². The van der Waals surface area contributed by atoms with Crippen molar-refractivity contribution in [2.45, 2.75) is 63.2 Å². The minimum absolute atomic E-state index is 0.178. The number of nitrogens with zero attached hydrogens (tertiary/aromatic N) is 1. The Kier molecular flexibility index (Phi) is 14.0. The third-order valence-corrected chi connectivity index (χ3v) is 8.08. The van der Waals surface area contributed by atoms with Gasteiger partial charge in [0.1, 0.15) is 29.1 Å². The first-order valence-corrected chi connectivity index (χ1v) is 15.2. The van der Waals surface area contributed by atoms with E-state index >= 15 is 0 Å². The van der Waals surface area contributed by atoms with Crippen LogP contribution in [0, 0.1) is 25.9 Å². The first-order chi connectivity index (χ1) is 17.7. The molecule has 0 N–H and O–H groups in total. The van der Waals surface area contributed by atoms with Crippen molar-refractivity contribution in [3.8, 4) is 0 Å². The fourth-order valence-corrected chi connectivity index (χ4v) is 4.69. The number of carbonyl (C=O) groups is 1. The predicted molar refractivity (Wildman–Crippen MR) is 145 cm³/mol. The van der Waals surface area contributed by atoms with Crippen molar-refractivity contribution < 1.29 is 35.1 Å². The van der Waals surface area contributed by atoms with Crippen LogP contribution in [-0.4, -0.2) is 59.5 Å². The maximum Gasteiger partial charge on any atom is 0.296 e. The number of hydrogen-bond acceptors (Lipinski definition) is 8. The van der Waals surface area contributed by atoms with Gasteiger partial charge in [0.15, 0.2) is 0 Å². The maximum atomic E-state index is 11.4. The van der Waals surface area contributed by atoms with Crippen LogP contribution in [0.25, 0.3) is 0 Å². The van der Waals surface area contributed by atoms with Crippen molar-refractivity contribution in [1.29, 1.82) is 0 Å². The van der Waals surface area contributed by atoms with Gasteiger partial charge in [-0.3, -0.25) is 8.98 Å². The molecule has 0 bridgehead atoms. The van der Waals surface area contributed by atoms with Gasteiger partial charge < -0.3 is 9.45 Å². The Morgan fingerprint density at radius 2 is 1.50 bits per heavy atom. The van der Waals surface area contributed by atoms with Crippen molar-refractivity contribution in [2.24, 2.45) is 5.92 Å². The van der Waals surface area contributed by atoms with Gasteiger partial charge in [0.05, 0.1) is 16.9 Å². The lowest BCUT2D eigenvalue weighted by Crippen LogP contribution is -2.28. The van der Waals surface area contributed by atoms with E-state index in [2.05, 4.69) is 11.1 Å². The summed E-state index contributed by atoms with van der Waals surface area (Å²) in [6, 6.07) is 12.3. The molecule has 0 aliphatic carbocycles. The highest BCUT2D eigenvalue weighted by Crippen LogP contribution is 2.32. The van der Waals surface area contributed by atoms with Crippen molar-refractivity contribution >= 4 is 26.1 Å². The molecule has 38 heavy (non-hydrogen) atoms. The minimum atomic E-state index is -4.27. The highest BCUT2D eigenvalue weighted by atomic mass is 32.2. The molecule has 3 rings (SSSR count). The molecule has 1 amide bonds. The fourth-order valence-electron chi connectivity index (χ4n) is 3.56. The molecule has 11 heteroatoms. The largest absolute Gasteiger partial charge is 0.744 e. The third-order valence-electron chi connectivity index (χ3n) is 5.94. The number of amides is 1. The van der Waals surface area contributed by atoms with Gasteiger partial charge in [0.25, 0.3) is 10.1 Å². The summed E-state index contributed by atoms with van der Waals surface area (Å²) in [4.78, 5) is 13.2. The highest BCUT2D eigenvalue weighted by molar-refractivity contribution is 7.86. The van der Waals surface area contributed by atoms with Gasteiger partial charge >= 0.3 is 0 Å². The lowest BCUT2D eigenvalue weighted by atomic mass is 9.96. The van der Waals surface area contributed by atoms with Crippen LogP contribution in [0.5, 0.6) is 0 Å². The summed E-state index contributed by atoms with van der Waals surface area (Å²) in [5.74, 6) is 0.800. The second kappa shape index (κ2) is 15.8. The van der Waals surface area contributed by atoms with E-state index in [1.165, 1.54) is 30.4 Å². The Labute approximate surface area is 228 Å². The first kappa shape index (κ1) is 33.6. The normalized spacial score (nSPS) is 15.1. The van der Waals surface area contributed by atoms with Crippen LogP contribution in [-0.2, 0) is 34.0 Å². The smallest absolute Gasteiger partial charge is 0.296 e. The minimum Gasteiger partial charge on any atom is -0.744 e. The van der Waals surface area contributed by atoms with Crippen LogP contribution < -0.4 is 0 Å². The molecule has 2 aromatic rings. The molecule has 0 spiro atoms. The molecule has 1 fully saturated rings. The monoisotopic (exact) mass is 569 g/mol. The predicted octanol–water partition coefficient (Wildman–Crippen LogP) is 4.45. The molecule has 2 aromatic carbocycles. The lowest BCUT2D eigenvalue weighted by molar-refractivity contribution is -0.129. The van der Waals surface area contributed by atoms with Crippen LogP contribution in [0.1, 0.15) is 50.7 Å². The van der Waals surface area contributed by atoms with Crippen molar-refractivity contribution in [2.75, 3.05) is 27.3 Å². The first-order valence-electron chi connectivity index (χ1n) is 12.4. The number of rotatable bonds is 8. The molecule has 1 atom stereocenters. The van der Waals surface area contributed by atoms with E-state index in [1.54, 1.807) is 24.3 Å². The zero-order chi connectivity index (χ0) is 28.9. The Hall–Kier alpha value is -2.44. The van der Waals surface area contributed by atoms with Gasteiger partial charge in [-0.2, -0.15) is 13.2 Å². The number of aryl methyl sites for hydroxylation is 2. The summed E-state index contributed by atoms with van der Waals surface area (Å²) < 4.78 is 63.2. The van der Waals surface area contributed by atoms with E-state index in [4.69, 9.17) is 4.74 Å². The van der Waals surface area contributed by atoms with Crippen LogP contribution >= 0.6 is 0 Å².